The molecule has 0 radical (unpaired) electrons. The summed E-state index contributed by atoms with van der Waals surface area (Å²) in [5.41, 5.74) is 1.43. The minimum atomic E-state index is -0.255. The van der Waals surface area contributed by atoms with Gasteiger partial charge < -0.3 is 9.73 Å². The van der Waals surface area contributed by atoms with Gasteiger partial charge in [0, 0.05) is 22.0 Å². The first kappa shape index (κ1) is 15.6. The van der Waals surface area contributed by atoms with Crippen LogP contribution in [0.15, 0.2) is 35.3 Å². The van der Waals surface area contributed by atoms with Crippen LogP contribution in [-0.2, 0) is 0 Å². The number of nitrogens with zero attached hydrogens (tertiary/aromatic N) is 3. The maximum atomic E-state index is 12.5. The number of furan rings is 1. The van der Waals surface area contributed by atoms with Gasteiger partial charge >= 0.3 is 0 Å². The van der Waals surface area contributed by atoms with Gasteiger partial charge in [0.25, 0.3) is 5.91 Å². The lowest BCUT2D eigenvalue weighted by molar-refractivity contribution is 0.0901. The predicted octanol–water partition coefficient (Wildman–Crippen LogP) is 3.37. The van der Waals surface area contributed by atoms with Crippen molar-refractivity contribution in [2.24, 2.45) is 0 Å². The van der Waals surface area contributed by atoms with Crippen LogP contribution in [0.2, 0.25) is 5.02 Å². The van der Waals surface area contributed by atoms with Gasteiger partial charge in [-0.2, -0.15) is 5.10 Å². The van der Waals surface area contributed by atoms with Gasteiger partial charge in [0.15, 0.2) is 5.76 Å². The van der Waals surface area contributed by atoms with E-state index in [1.807, 2.05) is 20.8 Å². The number of hydrogen-bond donors (Lipinski definition) is 1. The number of fused-ring (bicyclic) bond motifs is 1. The van der Waals surface area contributed by atoms with Crippen molar-refractivity contribution in [1.82, 2.24) is 20.1 Å². The number of aromatic nitrogens is 3. The number of carbonyl (C=O) groups excluding carboxylic acids is 1. The lowest BCUT2D eigenvalue weighted by Gasteiger charge is -2.20. The van der Waals surface area contributed by atoms with Crippen LogP contribution in [0.4, 0.5) is 0 Å². The molecule has 1 aromatic carbocycles. The Kier molecular flexibility index (Phi) is 4.09. The Morgan fingerprint density at radius 1 is 1.39 bits per heavy atom. The Balaban J connectivity index is 1.82. The molecular formula is C16H17ClN4O2. The summed E-state index contributed by atoms with van der Waals surface area (Å²) in [6.45, 7) is 5.73. The molecule has 2 heterocycles. The van der Waals surface area contributed by atoms with Crippen molar-refractivity contribution in [3.05, 3.63) is 47.2 Å². The SMILES string of the molecule is Cc1c(C(=O)N[C@H](C)[C@@H](C)n2cncn2)oc2ccc(Cl)cc12. The molecule has 3 aromatic rings. The summed E-state index contributed by atoms with van der Waals surface area (Å²) in [6, 6.07) is 5.14. The third-order valence-electron chi connectivity index (χ3n) is 4.04. The fourth-order valence-electron chi connectivity index (χ4n) is 2.46. The van der Waals surface area contributed by atoms with Gasteiger partial charge in [-0.1, -0.05) is 11.6 Å². The summed E-state index contributed by atoms with van der Waals surface area (Å²) in [4.78, 5) is 16.4. The molecule has 7 heteroatoms. The van der Waals surface area contributed by atoms with Gasteiger partial charge in [-0.15, -0.1) is 0 Å². The highest BCUT2D eigenvalue weighted by molar-refractivity contribution is 6.31. The molecule has 0 aliphatic rings. The zero-order valence-corrected chi connectivity index (χ0v) is 13.8. The molecule has 0 bridgehead atoms. The summed E-state index contributed by atoms with van der Waals surface area (Å²) in [6.07, 6.45) is 3.10. The van der Waals surface area contributed by atoms with Crippen molar-refractivity contribution < 1.29 is 9.21 Å². The maximum absolute atomic E-state index is 12.5. The quantitative estimate of drug-likeness (QED) is 0.795. The van der Waals surface area contributed by atoms with Crippen molar-refractivity contribution in [1.29, 1.82) is 0 Å². The third kappa shape index (κ3) is 2.94. The molecule has 1 amide bonds. The molecule has 0 saturated carbocycles. The summed E-state index contributed by atoms with van der Waals surface area (Å²) < 4.78 is 7.39. The molecule has 0 unspecified atom stereocenters. The van der Waals surface area contributed by atoms with E-state index in [1.165, 1.54) is 6.33 Å². The Hall–Kier alpha value is -2.34. The molecule has 0 fully saturated rings. The van der Waals surface area contributed by atoms with Crippen LogP contribution >= 0.6 is 11.6 Å². The number of hydrogen-bond acceptors (Lipinski definition) is 4. The van der Waals surface area contributed by atoms with Crippen LogP contribution in [0.25, 0.3) is 11.0 Å². The van der Waals surface area contributed by atoms with Crippen LogP contribution in [0.3, 0.4) is 0 Å². The van der Waals surface area contributed by atoms with Gasteiger partial charge in [-0.3, -0.25) is 4.79 Å². The molecule has 3 rings (SSSR count). The first-order valence-electron chi connectivity index (χ1n) is 7.31. The number of aryl methyl sites for hydroxylation is 1. The van der Waals surface area contributed by atoms with Gasteiger partial charge in [-0.05, 0) is 39.0 Å². The molecule has 2 aromatic heterocycles. The van der Waals surface area contributed by atoms with Crippen molar-refractivity contribution in [2.45, 2.75) is 32.9 Å². The largest absolute Gasteiger partial charge is 0.451 e. The van der Waals surface area contributed by atoms with Crippen LogP contribution in [0, 0.1) is 6.92 Å². The summed E-state index contributed by atoms with van der Waals surface area (Å²) in [5.74, 6) is 0.0502. The zero-order chi connectivity index (χ0) is 16.6. The minimum absolute atomic E-state index is 0.0272. The second-order valence-corrected chi connectivity index (χ2v) is 6.01. The smallest absolute Gasteiger partial charge is 0.287 e. The fourth-order valence-corrected chi connectivity index (χ4v) is 2.63. The average Bonchev–Trinajstić information content (AvgIpc) is 3.15. The number of amides is 1. The number of carbonyl (C=O) groups is 1. The van der Waals surface area contributed by atoms with E-state index in [-0.39, 0.29) is 18.0 Å². The lowest BCUT2D eigenvalue weighted by atomic mass is 10.1. The second-order valence-electron chi connectivity index (χ2n) is 5.57. The van der Waals surface area contributed by atoms with E-state index in [0.717, 1.165) is 10.9 Å². The normalized spacial score (nSPS) is 13.9. The van der Waals surface area contributed by atoms with Crippen LogP contribution in [0.1, 0.15) is 36.0 Å². The van der Waals surface area contributed by atoms with E-state index in [1.54, 1.807) is 29.2 Å². The highest BCUT2D eigenvalue weighted by Crippen LogP contribution is 2.28. The Labute approximate surface area is 138 Å². The van der Waals surface area contributed by atoms with Crippen molar-refractivity contribution in [3.8, 4) is 0 Å². The van der Waals surface area contributed by atoms with Crippen molar-refractivity contribution in [3.63, 3.8) is 0 Å². The molecule has 1 N–H and O–H groups in total. The minimum Gasteiger partial charge on any atom is -0.451 e. The zero-order valence-electron chi connectivity index (χ0n) is 13.1. The average molecular weight is 333 g/mol. The molecular weight excluding hydrogens is 316 g/mol. The highest BCUT2D eigenvalue weighted by Gasteiger charge is 2.22. The first-order valence-corrected chi connectivity index (χ1v) is 7.69. The number of rotatable bonds is 4. The third-order valence-corrected chi connectivity index (χ3v) is 4.28. The second kappa shape index (κ2) is 6.04. The molecule has 120 valence electrons. The van der Waals surface area contributed by atoms with E-state index in [9.17, 15) is 4.79 Å². The van der Waals surface area contributed by atoms with E-state index in [0.29, 0.717) is 16.4 Å². The van der Waals surface area contributed by atoms with Crippen molar-refractivity contribution >= 4 is 28.5 Å². The molecule has 0 saturated heterocycles. The van der Waals surface area contributed by atoms with Crippen LogP contribution in [-0.4, -0.2) is 26.7 Å². The molecule has 6 nitrogen and oxygen atoms in total. The summed E-state index contributed by atoms with van der Waals surface area (Å²) in [7, 11) is 0. The predicted molar refractivity (Wildman–Crippen MR) is 87.6 cm³/mol. The number of nitrogens with one attached hydrogen (secondary N) is 1. The number of halogens is 1. The maximum Gasteiger partial charge on any atom is 0.287 e. The van der Waals surface area contributed by atoms with E-state index in [4.69, 9.17) is 16.0 Å². The highest BCUT2D eigenvalue weighted by atomic mass is 35.5. The molecule has 2 atom stereocenters. The van der Waals surface area contributed by atoms with Gasteiger partial charge in [0.2, 0.25) is 0 Å². The van der Waals surface area contributed by atoms with E-state index >= 15 is 0 Å². The van der Waals surface area contributed by atoms with Crippen LogP contribution < -0.4 is 5.32 Å². The number of benzene rings is 1. The van der Waals surface area contributed by atoms with E-state index in [2.05, 4.69) is 15.4 Å². The molecule has 0 aliphatic carbocycles. The van der Waals surface area contributed by atoms with Gasteiger partial charge in [0.05, 0.1) is 6.04 Å². The van der Waals surface area contributed by atoms with Gasteiger partial charge in [-0.25, -0.2) is 9.67 Å². The lowest BCUT2D eigenvalue weighted by Crippen LogP contribution is -2.38. The van der Waals surface area contributed by atoms with Crippen LogP contribution in [0.5, 0.6) is 0 Å². The Bertz CT molecular complexity index is 841. The fraction of sp³-hybridized carbons (Fsp3) is 0.312. The molecule has 0 aliphatic heterocycles. The standard InChI is InChI=1S/C16H17ClN4O2/c1-9-13-6-12(17)4-5-14(13)23-15(9)16(22)20-10(2)11(3)21-8-18-7-19-21/h4-8,10-11H,1-3H3,(H,20,22)/t10-,11-/m1/s1. The molecule has 0 spiro atoms. The summed E-state index contributed by atoms with van der Waals surface area (Å²) >= 11 is 6.00. The first-order chi connectivity index (χ1) is 11.0. The summed E-state index contributed by atoms with van der Waals surface area (Å²) in [5, 5.41) is 8.50. The van der Waals surface area contributed by atoms with E-state index < -0.39 is 0 Å². The van der Waals surface area contributed by atoms with Crippen molar-refractivity contribution in [2.75, 3.05) is 0 Å². The van der Waals surface area contributed by atoms with Gasteiger partial charge in [0.1, 0.15) is 18.2 Å². The molecule has 23 heavy (non-hydrogen) atoms. The topological polar surface area (TPSA) is 73.0 Å². The Morgan fingerprint density at radius 3 is 2.87 bits per heavy atom. The Morgan fingerprint density at radius 2 is 2.17 bits per heavy atom. The monoisotopic (exact) mass is 332 g/mol.